The minimum absolute atomic E-state index is 0.00362. The zero-order chi connectivity index (χ0) is 20.5. The second-order valence-corrected chi connectivity index (χ2v) is 7.10. The molecule has 2 rings (SSSR count). The van der Waals surface area contributed by atoms with Crippen LogP contribution in [0.15, 0.2) is 42.5 Å². The summed E-state index contributed by atoms with van der Waals surface area (Å²) >= 11 is 1.08. The molecule has 0 aromatic heterocycles. The van der Waals surface area contributed by atoms with Gasteiger partial charge in [0.2, 0.25) is 17.7 Å². The normalized spacial score (nSPS) is 10.2. The average Bonchev–Trinajstić information content (AvgIpc) is 2.65. The Kier molecular flexibility index (Phi) is 8.01. The van der Waals surface area contributed by atoms with Crippen LogP contribution in [0.1, 0.15) is 11.1 Å². The number of amides is 3. The third-order valence-electron chi connectivity index (χ3n) is 3.81. The molecular weight excluding hydrogens is 381 g/mol. The molecule has 0 saturated carbocycles. The molecule has 6 nitrogen and oxygen atoms in total. The van der Waals surface area contributed by atoms with Crippen molar-refractivity contribution >= 4 is 40.9 Å². The molecule has 0 bridgehead atoms. The highest BCUT2D eigenvalue weighted by atomic mass is 32.2. The van der Waals surface area contributed by atoms with Crippen LogP contribution in [0.2, 0.25) is 0 Å². The van der Waals surface area contributed by atoms with Crippen LogP contribution in [0.3, 0.4) is 0 Å². The van der Waals surface area contributed by atoms with E-state index in [1.165, 1.54) is 18.2 Å². The molecule has 148 valence electrons. The largest absolute Gasteiger partial charge is 0.346 e. The molecule has 0 heterocycles. The standard InChI is InChI=1S/C20H22FN3O3S/c1-13-6-5-7-14(2)20(13)24-17(25)10-22-18(26)11-28-12-19(27)23-16-9-4-3-8-15(16)21/h3-9H,10-12H2,1-2H3,(H,22,26)(H,23,27)(H,24,25). The number of thioether (sulfide) groups is 1. The summed E-state index contributed by atoms with van der Waals surface area (Å²) in [5.41, 5.74) is 2.72. The smallest absolute Gasteiger partial charge is 0.243 e. The predicted molar refractivity (Wildman–Crippen MR) is 110 cm³/mol. The maximum Gasteiger partial charge on any atom is 0.243 e. The van der Waals surface area contributed by atoms with Gasteiger partial charge in [-0.15, -0.1) is 11.8 Å². The molecule has 0 unspecified atom stereocenters. The average molecular weight is 403 g/mol. The maximum atomic E-state index is 13.5. The van der Waals surface area contributed by atoms with Gasteiger partial charge in [0, 0.05) is 5.69 Å². The highest BCUT2D eigenvalue weighted by molar-refractivity contribution is 8.00. The van der Waals surface area contributed by atoms with Gasteiger partial charge < -0.3 is 16.0 Å². The zero-order valence-corrected chi connectivity index (χ0v) is 16.5. The summed E-state index contributed by atoms with van der Waals surface area (Å²) in [6.45, 7) is 3.63. The molecule has 2 aromatic carbocycles. The summed E-state index contributed by atoms with van der Waals surface area (Å²) in [7, 11) is 0. The van der Waals surface area contributed by atoms with Gasteiger partial charge in [0.05, 0.1) is 23.7 Å². The van der Waals surface area contributed by atoms with E-state index < -0.39 is 11.7 Å². The molecule has 0 saturated heterocycles. The molecule has 3 N–H and O–H groups in total. The number of carbonyl (C=O) groups excluding carboxylic acids is 3. The molecule has 0 radical (unpaired) electrons. The number of anilines is 2. The molecule has 2 aromatic rings. The molecular formula is C20H22FN3O3S. The minimum Gasteiger partial charge on any atom is -0.346 e. The SMILES string of the molecule is Cc1cccc(C)c1NC(=O)CNC(=O)CSCC(=O)Nc1ccccc1F. The van der Waals surface area contributed by atoms with Gasteiger partial charge in [0.25, 0.3) is 0 Å². The molecule has 0 atom stereocenters. The maximum absolute atomic E-state index is 13.5. The van der Waals surface area contributed by atoms with Crippen molar-refractivity contribution in [2.45, 2.75) is 13.8 Å². The van der Waals surface area contributed by atoms with Gasteiger partial charge in [0.1, 0.15) is 5.82 Å². The van der Waals surface area contributed by atoms with E-state index in [0.717, 1.165) is 28.6 Å². The van der Waals surface area contributed by atoms with E-state index in [2.05, 4.69) is 16.0 Å². The summed E-state index contributed by atoms with van der Waals surface area (Å²) in [6, 6.07) is 11.5. The fraction of sp³-hybridized carbons (Fsp3) is 0.250. The fourth-order valence-electron chi connectivity index (χ4n) is 2.41. The number of nitrogens with one attached hydrogen (secondary N) is 3. The van der Waals surface area contributed by atoms with Crippen LogP contribution >= 0.6 is 11.8 Å². The number of para-hydroxylation sites is 2. The molecule has 3 amide bonds. The minimum atomic E-state index is -0.520. The second-order valence-electron chi connectivity index (χ2n) is 6.11. The first kappa shape index (κ1) is 21.4. The van der Waals surface area contributed by atoms with Gasteiger partial charge in [-0.1, -0.05) is 30.3 Å². The van der Waals surface area contributed by atoms with Crippen molar-refractivity contribution in [3.63, 3.8) is 0 Å². The highest BCUT2D eigenvalue weighted by Gasteiger charge is 2.11. The van der Waals surface area contributed by atoms with Crippen molar-refractivity contribution in [2.75, 3.05) is 28.7 Å². The summed E-state index contributed by atoms with van der Waals surface area (Å²) in [6.07, 6.45) is 0. The Morgan fingerprint density at radius 1 is 0.857 bits per heavy atom. The van der Waals surface area contributed by atoms with Crippen LogP contribution in [-0.2, 0) is 14.4 Å². The number of aryl methyl sites for hydroxylation is 2. The lowest BCUT2D eigenvalue weighted by atomic mass is 10.1. The third-order valence-corrected chi connectivity index (χ3v) is 4.74. The van der Waals surface area contributed by atoms with Crippen molar-refractivity contribution in [3.05, 3.63) is 59.4 Å². The quantitative estimate of drug-likeness (QED) is 0.633. The van der Waals surface area contributed by atoms with Crippen molar-refractivity contribution in [1.29, 1.82) is 0 Å². The van der Waals surface area contributed by atoms with Crippen LogP contribution in [0.25, 0.3) is 0 Å². The summed E-state index contributed by atoms with van der Waals surface area (Å²) in [5.74, 6) is -1.60. The molecule has 0 fully saturated rings. The molecule has 0 aliphatic rings. The Labute approximate surface area is 167 Å². The van der Waals surface area contributed by atoms with Crippen LogP contribution in [-0.4, -0.2) is 35.8 Å². The first-order valence-electron chi connectivity index (χ1n) is 8.61. The van der Waals surface area contributed by atoms with Gasteiger partial charge in [-0.3, -0.25) is 14.4 Å². The summed E-state index contributed by atoms with van der Waals surface area (Å²) in [5, 5.41) is 7.73. The van der Waals surface area contributed by atoms with Gasteiger partial charge in [-0.2, -0.15) is 0 Å². The number of halogens is 1. The van der Waals surface area contributed by atoms with Crippen molar-refractivity contribution in [2.24, 2.45) is 0 Å². The monoisotopic (exact) mass is 403 g/mol. The van der Waals surface area contributed by atoms with Crippen molar-refractivity contribution in [1.82, 2.24) is 5.32 Å². The lowest BCUT2D eigenvalue weighted by molar-refractivity contribution is -0.122. The van der Waals surface area contributed by atoms with E-state index in [1.54, 1.807) is 6.07 Å². The summed E-state index contributed by atoms with van der Waals surface area (Å²) < 4.78 is 13.5. The predicted octanol–water partition coefficient (Wildman–Crippen LogP) is 2.87. The Bertz CT molecular complexity index is 853. The third kappa shape index (κ3) is 6.70. The van der Waals surface area contributed by atoms with Gasteiger partial charge in [-0.25, -0.2) is 4.39 Å². The van der Waals surface area contributed by atoms with Gasteiger partial charge >= 0.3 is 0 Å². The van der Waals surface area contributed by atoms with E-state index in [1.807, 2.05) is 32.0 Å². The van der Waals surface area contributed by atoms with E-state index in [-0.39, 0.29) is 35.6 Å². The number of carbonyl (C=O) groups is 3. The topological polar surface area (TPSA) is 87.3 Å². The van der Waals surface area contributed by atoms with Crippen LogP contribution in [0, 0.1) is 19.7 Å². The van der Waals surface area contributed by atoms with Crippen molar-refractivity contribution in [3.8, 4) is 0 Å². The molecule has 28 heavy (non-hydrogen) atoms. The first-order valence-corrected chi connectivity index (χ1v) is 9.77. The molecule has 0 aliphatic carbocycles. The fourth-order valence-corrected chi connectivity index (χ4v) is 3.06. The number of rotatable bonds is 8. The Morgan fingerprint density at radius 2 is 1.50 bits per heavy atom. The van der Waals surface area contributed by atoms with Crippen LogP contribution in [0.4, 0.5) is 15.8 Å². The summed E-state index contributed by atoms with van der Waals surface area (Å²) in [4.78, 5) is 35.6. The Hall–Kier alpha value is -2.87. The number of benzene rings is 2. The van der Waals surface area contributed by atoms with Gasteiger partial charge in [-0.05, 0) is 37.1 Å². The van der Waals surface area contributed by atoms with Gasteiger partial charge in [0.15, 0.2) is 0 Å². The highest BCUT2D eigenvalue weighted by Crippen LogP contribution is 2.19. The molecule has 0 spiro atoms. The van der Waals surface area contributed by atoms with E-state index in [4.69, 9.17) is 0 Å². The Morgan fingerprint density at radius 3 is 2.18 bits per heavy atom. The second kappa shape index (κ2) is 10.5. The van der Waals surface area contributed by atoms with Crippen LogP contribution < -0.4 is 16.0 Å². The molecule has 0 aliphatic heterocycles. The zero-order valence-electron chi connectivity index (χ0n) is 15.7. The number of hydrogen-bond donors (Lipinski definition) is 3. The van der Waals surface area contributed by atoms with E-state index in [9.17, 15) is 18.8 Å². The lowest BCUT2D eigenvalue weighted by Crippen LogP contribution is -2.34. The van der Waals surface area contributed by atoms with Crippen LogP contribution in [0.5, 0.6) is 0 Å². The van der Waals surface area contributed by atoms with E-state index in [0.29, 0.717) is 0 Å². The van der Waals surface area contributed by atoms with Crippen molar-refractivity contribution < 1.29 is 18.8 Å². The Balaban J connectivity index is 1.68. The molecule has 8 heteroatoms. The first-order chi connectivity index (χ1) is 13.4. The number of hydrogen-bond acceptors (Lipinski definition) is 4. The lowest BCUT2D eigenvalue weighted by Gasteiger charge is -2.12. The van der Waals surface area contributed by atoms with E-state index >= 15 is 0 Å².